The van der Waals surface area contributed by atoms with Crippen LogP contribution in [0.15, 0.2) is 0 Å². The van der Waals surface area contributed by atoms with E-state index in [1.165, 1.54) is 6.42 Å². The van der Waals surface area contributed by atoms with Crippen molar-refractivity contribution in [2.24, 2.45) is 0 Å². The highest BCUT2D eigenvalue weighted by Gasteiger charge is 2.23. The zero-order valence-corrected chi connectivity index (χ0v) is 11.9. The molecule has 1 fully saturated rings. The molecular weight excluding hydrogens is 242 g/mol. The van der Waals surface area contributed by atoms with Gasteiger partial charge in [-0.2, -0.15) is 5.10 Å². The summed E-state index contributed by atoms with van der Waals surface area (Å²) >= 11 is 0. The van der Waals surface area contributed by atoms with Gasteiger partial charge in [0.2, 0.25) is 0 Å². The molecule has 1 aromatic rings. The molecule has 1 aliphatic heterocycles. The maximum absolute atomic E-state index is 12.1. The Kier molecular flexibility index (Phi) is 4.09. The predicted octanol–water partition coefficient (Wildman–Crippen LogP) is 0.939. The van der Waals surface area contributed by atoms with Crippen molar-refractivity contribution < 1.29 is 4.79 Å². The fourth-order valence-electron chi connectivity index (χ4n) is 2.51. The van der Waals surface area contributed by atoms with Gasteiger partial charge >= 0.3 is 0 Å². The highest BCUT2D eigenvalue weighted by atomic mass is 16.2. The van der Waals surface area contributed by atoms with Gasteiger partial charge in [-0.25, -0.2) is 0 Å². The van der Waals surface area contributed by atoms with Crippen molar-refractivity contribution in [3.63, 3.8) is 0 Å². The number of nitrogens with two attached hydrogens (primary N) is 1. The van der Waals surface area contributed by atoms with Crippen molar-refractivity contribution in [2.75, 3.05) is 25.9 Å². The lowest BCUT2D eigenvalue weighted by atomic mass is 10.1. The van der Waals surface area contributed by atoms with Crippen LogP contribution in [0.25, 0.3) is 0 Å². The van der Waals surface area contributed by atoms with E-state index < -0.39 is 0 Å². The van der Waals surface area contributed by atoms with Crippen LogP contribution in [0.4, 0.5) is 5.69 Å². The van der Waals surface area contributed by atoms with E-state index in [0.717, 1.165) is 18.7 Å². The Balaban J connectivity index is 1.96. The number of amides is 1. The molecular formula is C13H23N5O. The van der Waals surface area contributed by atoms with Gasteiger partial charge in [-0.15, -0.1) is 0 Å². The summed E-state index contributed by atoms with van der Waals surface area (Å²) in [5.41, 5.74) is 7.55. The van der Waals surface area contributed by atoms with E-state index in [2.05, 4.69) is 27.5 Å². The first-order valence-electron chi connectivity index (χ1n) is 6.83. The Morgan fingerprint density at radius 1 is 1.63 bits per heavy atom. The fraction of sp³-hybridized carbons (Fsp3) is 0.692. The molecule has 1 aromatic heterocycles. The number of hydrogen-bond donors (Lipinski definition) is 3. The summed E-state index contributed by atoms with van der Waals surface area (Å²) in [5, 5.41) is 9.79. The van der Waals surface area contributed by atoms with E-state index in [0.29, 0.717) is 24.0 Å². The number of likely N-dealkylation sites (tertiary alicyclic amines) is 1. The number of nitrogen functional groups attached to an aromatic ring is 1. The van der Waals surface area contributed by atoms with Crippen LogP contribution in [0.5, 0.6) is 0 Å². The van der Waals surface area contributed by atoms with Gasteiger partial charge in [0.15, 0.2) is 5.69 Å². The molecule has 0 bridgehead atoms. The number of nitrogens with one attached hydrogen (secondary N) is 2. The summed E-state index contributed by atoms with van der Waals surface area (Å²) in [7, 11) is 2.09. The molecule has 6 nitrogen and oxygen atoms in total. The normalized spacial score (nSPS) is 20.1. The molecule has 1 aliphatic rings. The number of H-pyrrole nitrogens is 1. The zero-order valence-electron chi connectivity index (χ0n) is 11.9. The molecule has 2 heterocycles. The van der Waals surface area contributed by atoms with Crippen LogP contribution < -0.4 is 11.1 Å². The first-order valence-corrected chi connectivity index (χ1v) is 6.83. The van der Waals surface area contributed by atoms with Gasteiger partial charge in [0, 0.05) is 12.6 Å². The number of likely N-dealkylation sites (N-methyl/N-ethyl adjacent to an activating group) is 1. The smallest absolute Gasteiger partial charge is 0.273 e. The van der Waals surface area contributed by atoms with Crippen LogP contribution in [0.3, 0.4) is 0 Å². The number of nitrogens with zero attached hydrogens (tertiary/aromatic N) is 2. The number of carbonyl (C=O) groups excluding carboxylic acids is 1. The molecule has 106 valence electrons. The molecule has 1 unspecified atom stereocenters. The molecule has 0 radical (unpaired) electrons. The Morgan fingerprint density at radius 3 is 2.89 bits per heavy atom. The van der Waals surface area contributed by atoms with Crippen LogP contribution >= 0.6 is 0 Å². The third-order valence-electron chi connectivity index (χ3n) is 3.80. The van der Waals surface area contributed by atoms with E-state index in [-0.39, 0.29) is 11.8 Å². The van der Waals surface area contributed by atoms with Gasteiger partial charge < -0.3 is 16.0 Å². The predicted molar refractivity (Wildman–Crippen MR) is 75.1 cm³/mol. The minimum atomic E-state index is -0.194. The lowest BCUT2D eigenvalue weighted by molar-refractivity contribution is 0.0939. The summed E-state index contributed by atoms with van der Waals surface area (Å²) in [5.74, 6) is 0.0379. The third kappa shape index (κ3) is 2.89. The number of aromatic amines is 1. The van der Waals surface area contributed by atoms with Crippen LogP contribution in [0, 0.1) is 0 Å². The highest BCUT2D eigenvalue weighted by molar-refractivity contribution is 5.97. The molecule has 1 atom stereocenters. The summed E-state index contributed by atoms with van der Waals surface area (Å²) in [6.07, 6.45) is 2.32. The van der Waals surface area contributed by atoms with Crippen molar-refractivity contribution in [1.29, 1.82) is 0 Å². The van der Waals surface area contributed by atoms with E-state index >= 15 is 0 Å². The quantitative estimate of drug-likeness (QED) is 0.756. The maximum Gasteiger partial charge on any atom is 0.273 e. The lowest BCUT2D eigenvalue weighted by Gasteiger charge is -2.19. The topological polar surface area (TPSA) is 87.0 Å². The Hall–Kier alpha value is -1.56. The molecule has 19 heavy (non-hydrogen) atoms. The van der Waals surface area contributed by atoms with E-state index in [9.17, 15) is 4.79 Å². The van der Waals surface area contributed by atoms with E-state index in [1.807, 2.05) is 13.8 Å². The van der Waals surface area contributed by atoms with E-state index in [1.54, 1.807) is 0 Å². The highest BCUT2D eigenvalue weighted by Crippen LogP contribution is 2.22. The van der Waals surface area contributed by atoms with Crippen LogP contribution in [-0.2, 0) is 0 Å². The van der Waals surface area contributed by atoms with Gasteiger partial charge in [-0.1, -0.05) is 13.8 Å². The molecule has 4 N–H and O–H groups in total. The summed E-state index contributed by atoms with van der Waals surface area (Å²) in [6.45, 7) is 5.78. The second-order valence-electron chi connectivity index (χ2n) is 5.54. The van der Waals surface area contributed by atoms with E-state index in [4.69, 9.17) is 5.73 Å². The van der Waals surface area contributed by atoms with Gasteiger partial charge in [0.25, 0.3) is 5.91 Å². The molecule has 2 rings (SSSR count). The van der Waals surface area contributed by atoms with Crippen molar-refractivity contribution in [1.82, 2.24) is 20.4 Å². The number of carbonyl (C=O) groups is 1. The summed E-state index contributed by atoms with van der Waals surface area (Å²) < 4.78 is 0. The molecule has 0 aromatic carbocycles. The lowest BCUT2D eigenvalue weighted by Crippen LogP contribution is -2.38. The average Bonchev–Trinajstić information content (AvgIpc) is 2.92. The molecule has 6 heteroatoms. The summed E-state index contributed by atoms with van der Waals surface area (Å²) in [6, 6.07) is 0.425. The van der Waals surface area contributed by atoms with Gasteiger partial charge in [0.05, 0.1) is 11.4 Å². The summed E-state index contributed by atoms with van der Waals surface area (Å²) in [4.78, 5) is 14.3. The van der Waals surface area contributed by atoms with Gasteiger partial charge in [-0.05, 0) is 32.4 Å². The molecule has 0 spiro atoms. The number of rotatable bonds is 4. The van der Waals surface area contributed by atoms with Gasteiger partial charge in [0.1, 0.15) is 0 Å². The largest absolute Gasteiger partial charge is 0.395 e. The Labute approximate surface area is 113 Å². The fourth-order valence-corrected chi connectivity index (χ4v) is 2.51. The molecule has 1 amide bonds. The average molecular weight is 265 g/mol. The SMILES string of the molecule is CC(C)c1[nH]nc(C(=O)NCC2CCCN2C)c1N. The molecule has 0 saturated carbocycles. The third-order valence-corrected chi connectivity index (χ3v) is 3.80. The molecule has 0 aliphatic carbocycles. The number of aromatic nitrogens is 2. The second-order valence-corrected chi connectivity index (χ2v) is 5.54. The minimum Gasteiger partial charge on any atom is -0.395 e. The standard InChI is InChI=1S/C13H23N5O/c1-8(2)11-10(14)12(17-16-11)13(19)15-7-9-5-4-6-18(9)3/h8-9H,4-7,14H2,1-3H3,(H,15,19)(H,16,17). The Bertz CT molecular complexity index is 454. The first-order chi connectivity index (χ1) is 9.00. The Morgan fingerprint density at radius 2 is 2.37 bits per heavy atom. The number of hydrogen-bond acceptors (Lipinski definition) is 4. The van der Waals surface area contributed by atoms with Gasteiger partial charge in [-0.3, -0.25) is 9.89 Å². The first kappa shape index (κ1) is 13.9. The second kappa shape index (κ2) is 5.61. The van der Waals surface area contributed by atoms with Crippen LogP contribution in [-0.4, -0.2) is 47.2 Å². The van der Waals surface area contributed by atoms with Crippen LogP contribution in [0.2, 0.25) is 0 Å². The minimum absolute atomic E-state index is 0.194. The number of anilines is 1. The zero-order chi connectivity index (χ0) is 14.0. The monoisotopic (exact) mass is 265 g/mol. The molecule has 1 saturated heterocycles. The van der Waals surface area contributed by atoms with Crippen molar-refractivity contribution in [2.45, 2.75) is 38.6 Å². The van der Waals surface area contributed by atoms with Crippen molar-refractivity contribution in [3.05, 3.63) is 11.4 Å². The van der Waals surface area contributed by atoms with Crippen molar-refractivity contribution >= 4 is 11.6 Å². The maximum atomic E-state index is 12.1. The van der Waals surface area contributed by atoms with Crippen LogP contribution in [0.1, 0.15) is 48.8 Å². The van der Waals surface area contributed by atoms with Crippen molar-refractivity contribution in [3.8, 4) is 0 Å².